The molecular weight excluding hydrogens is 202 g/mol. The van der Waals surface area contributed by atoms with Crippen LogP contribution >= 0.6 is 0 Å². The van der Waals surface area contributed by atoms with Crippen LogP contribution in [0.1, 0.15) is 28.4 Å². The maximum Gasteiger partial charge on any atom is 0.244 e. The summed E-state index contributed by atoms with van der Waals surface area (Å²) in [6.45, 7) is 12.7. The number of hydrogen-bond acceptors (Lipinski definition) is 2. The molecular formula is C13H17NO2. The Bertz CT molecular complexity index is 433. The summed E-state index contributed by atoms with van der Waals surface area (Å²) < 4.78 is 5.26. The minimum atomic E-state index is -0.706. The van der Waals surface area contributed by atoms with Crippen molar-refractivity contribution in [3.8, 4) is 5.75 Å². The van der Waals surface area contributed by atoms with Crippen LogP contribution in [0.25, 0.3) is 4.85 Å². The molecule has 0 fully saturated rings. The SMILES string of the molecule is [C-]#[N+]CC(O)c1c(C)cc(OC)c(C)c1C. The molecule has 0 spiro atoms. The van der Waals surface area contributed by atoms with Crippen LogP contribution < -0.4 is 4.74 Å². The molecule has 1 rings (SSSR count). The van der Waals surface area contributed by atoms with Gasteiger partial charge in [0.15, 0.2) is 6.10 Å². The van der Waals surface area contributed by atoms with E-state index >= 15 is 0 Å². The summed E-state index contributed by atoms with van der Waals surface area (Å²) in [6.07, 6.45) is -0.706. The number of benzene rings is 1. The van der Waals surface area contributed by atoms with E-state index < -0.39 is 6.10 Å². The largest absolute Gasteiger partial charge is 0.496 e. The second-order valence-electron chi connectivity index (χ2n) is 3.92. The van der Waals surface area contributed by atoms with Crippen molar-refractivity contribution in [1.82, 2.24) is 0 Å². The molecule has 1 N–H and O–H groups in total. The second kappa shape index (κ2) is 5.00. The Kier molecular flexibility index (Phi) is 3.92. The monoisotopic (exact) mass is 219 g/mol. The lowest BCUT2D eigenvalue weighted by atomic mass is 9.93. The Hall–Kier alpha value is -1.53. The van der Waals surface area contributed by atoms with Gasteiger partial charge in [-0.15, -0.1) is 0 Å². The van der Waals surface area contributed by atoms with E-state index in [-0.39, 0.29) is 6.54 Å². The molecule has 0 bridgehead atoms. The summed E-state index contributed by atoms with van der Waals surface area (Å²) >= 11 is 0. The first-order valence-corrected chi connectivity index (χ1v) is 5.18. The molecule has 1 unspecified atom stereocenters. The lowest BCUT2D eigenvalue weighted by molar-refractivity contribution is 0.193. The smallest absolute Gasteiger partial charge is 0.244 e. The first-order valence-electron chi connectivity index (χ1n) is 5.18. The Labute approximate surface area is 96.5 Å². The number of ether oxygens (including phenoxy) is 1. The third kappa shape index (κ3) is 2.17. The Balaban J connectivity index is 3.31. The highest BCUT2D eigenvalue weighted by Gasteiger charge is 2.19. The van der Waals surface area contributed by atoms with Crippen LogP contribution in [0.15, 0.2) is 6.07 Å². The molecule has 0 saturated heterocycles. The summed E-state index contributed by atoms with van der Waals surface area (Å²) in [5.41, 5.74) is 3.85. The van der Waals surface area contributed by atoms with E-state index in [0.717, 1.165) is 28.0 Å². The minimum absolute atomic E-state index is 0.105. The molecule has 0 radical (unpaired) electrons. The van der Waals surface area contributed by atoms with Crippen LogP contribution in [0.2, 0.25) is 0 Å². The van der Waals surface area contributed by atoms with Crippen LogP contribution in [0, 0.1) is 27.3 Å². The highest BCUT2D eigenvalue weighted by atomic mass is 16.5. The van der Waals surface area contributed by atoms with Crippen molar-refractivity contribution in [2.75, 3.05) is 13.7 Å². The number of rotatable bonds is 3. The lowest BCUT2D eigenvalue weighted by Gasteiger charge is -2.17. The van der Waals surface area contributed by atoms with Gasteiger partial charge < -0.3 is 14.7 Å². The number of methoxy groups -OCH3 is 1. The third-order valence-electron chi connectivity index (χ3n) is 2.93. The summed E-state index contributed by atoms with van der Waals surface area (Å²) in [6, 6.07) is 1.91. The van der Waals surface area contributed by atoms with Gasteiger partial charge in [-0.25, -0.2) is 6.57 Å². The summed E-state index contributed by atoms with van der Waals surface area (Å²) in [5.74, 6) is 0.828. The zero-order valence-corrected chi connectivity index (χ0v) is 10.2. The van der Waals surface area contributed by atoms with Gasteiger partial charge in [0, 0.05) is 0 Å². The van der Waals surface area contributed by atoms with Gasteiger partial charge in [-0.3, -0.25) is 0 Å². The fourth-order valence-corrected chi connectivity index (χ4v) is 1.97. The molecule has 1 aromatic rings. The average Bonchev–Trinajstić information content (AvgIpc) is 2.24. The van der Waals surface area contributed by atoms with Crippen LogP contribution in [0.4, 0.5) is 0 Å². The normalized spacial score (nSPS) is 12.0. The van der Waals surface area contributed by atoms with Crippen molar-refractivity contribution in [3.05, 3.63) is 39.7 Å². The maximum atomic E-state index is 9.92. The van der Waals surface area contributed by atoms with E-state index in [4.69, 9.17) is 11.3 Å². The maximum absolute atomic E-state index is 9.92. The first kappa shape index (κ1) is 12.5. The number of aryl methyl sites for hydroxylation is 1. The molecule has 1 atom stereocenters. The molecule has 3 nitrogen and oxygen atoms in total. The third-order valence-corrected chi connectivity index (χ3v) is 2.93. The average molecular weight is 219 g/mol. The van der Waals surface area contributed by atoms with Gasteiger partial charge in [0.1, 0.15) is 5.75 Å². The lowest BCUT2D eigenvalue weighted by Crippen LogP contribution is -2.07. The summed E-state index contributed by atoms with van der Waals surface area (Å²) in [5, 5.41) is 9.92. The zero-order valence-electron chi connectivity index (χ0n) is 10.2. The number of aliphatic hydroxyl groups is 1. The predicted molar refractivity (Wildman–Crippen MR) is 63.6 cm³/mol. The molecule has 0 amide bonds. The Morgan fingerprint density at radius 1 is 1.38 bits per heavy atom. The van der Waals surface area contributed by atoms with Crippen LogP contribution in [-0.2, 0) is 0 Å². The van der Waals surface area contributed by atoms with Gasteiger partial charge in [0.05, 0.1) is 7.11 Å². The van der Waals surface area contributed by atoms with E-state index in [9.17, 15) is 5.11 Å². The summed E-state index contributed by atoms with van der Waals surface area (Å²) in [7, 11) is 1.64. The Morgan fingerprint density at radius 2 is 2.00 bits per heavy atom. The quantitative estimate of drug-likeness (QED) is 0.793. The van der Waals surface area contributed by atoms with Gasteiger partial charge in [0.2, 0.25) is 6.54 Å². The standard InChI is InChI=1S/C13H17NO2/c1-8-6-12(16-5)9(2)10(3)13(8)11(15)7-14-4/h6,11,15H,7H2,1-3,5H3. The van der Waals surface area contributed by atoms with Crippen LogP contribution in [-0.4, -0.2) is 18.8 Å². The second-order valence-corrected chi connectivity index (χ2v) is 3.92. The molecule has 0 aliphatic heterocycles. The van der Waals surface area contributed by atoms with E-state index in [1.54, 1.807) is 7.11 Å². The van der Waals surface area contributed by atoms with E-state index in [1.807, 2.05) is 26.8 Å². The molecule has 0 aliphatic rings. The van der Waals surface area contributed by atoms with Gasteiger partial charge in [-0.05, 0) is 49.1 Å². The van der Waals surface area contributed by atoms with Crippen molar-refractivity contribution < 1.29 is 9.84 Å². The fraction of sp³-hybridized carbons (Fsp3) is 0.462. The number of nitrogens with zero attached hydrogens (tertiary/aromatic N) is 1. The van der Waals surface area contributed by atoms with Crippen molar-refractivity contribution in [2.45, 2.75) is 26.9 Å². The highest BCUT2D eigenvalue weighted by molar-refractivity contribution is 5.49. The van der Waals surface area contributed by atoms with Crippen molar-refractivity contribution in [1.29, 1.82) is 0 Å². The first-order chi connectivity index (χ1) is 7.52. The summed E-state index contributed by atoms with van der Waals surface area (Å²) in [4.78, 5) is 3.24. The van der Waals surface area contributed by atoms with Crippen molar-refractivity contribution in [3.63, 3.8) is 0 Å². The van der Waals surface area contributed by atoms with Gasteiger partial charge in [-0.2, -0.15) is 0 Å². The van der Waals surface area contributed by atoms with E-state index in [0.29, 0.717) is 0 Å². The van der Waals surface area contributed by atoms with E-state index in [1.165, 1.54) is 0 Å². The molecule has 3 heteroatoms. The number of aliphatic hydroxyl groups excluding tert-OH is 1. The van der Waals surface area contributed by atoms with Crippen molar-refractivity contribution >= 4 is 0 Å². The van der Waals surface area contributed by atoms with Gasteiger partial charge in [0.25, 0.3) is 0 Å². The van der Waals surface area contributed by atoms with Crippen LogP contribution in [0.5, 0.6) is 5.75 Å². The topological polar surface area (TPSA) is 33.8 Å². The molecule has 86 valence electrons. The number of hydrogen-bond donors (Lipinski definition) is 1. The fourth-order valence-electron chi connectivity index (χ4n) is 1.97. The molecule has 0 saturated carbocycles. The molecule has 0 aliphatic carbocycles. The Morgan fingerprint density at radius 3 is 2.50 bits per heavy atom. The highest BCUT2D eigenvalue weighted by Crippen LogP contribution is 2.31. The molecule has 16 heavy (non-hydrogen) atoms. The zero-order chi connectivity index (χ0) is 12.3. The van der Waals surface area contributed by atoms with Gasteiger partial charge in [-0.1, -0.05) is 0 Å². The van der Waals surface area contributed by atoms with Gasteiger partial charge >= 0.3 is 0 Å². The van der Waals surface area contributed by atoms with Crippen molar-refractivity contribution in [2.24, 2.45) is 0 Å². The van der Waals surface area contributed by atoms with E-state index in [2.05, 4.69) is 4.85 Å². The molecule has 0 aromatic heterocycles. The minimum Gasteiger partial charge on any atom is -0.496 e. The molecule has 1 aromatic carbocycles. The predicted octanol–water partition coefficient (Wildman–Crippen LogP) is 2.57. The van der Waals surface area contributed by atoms with Crippen LogP contribution in [0.3, 0.4) is 0 Å². The molecule has 0 heterocycles.